The SMILES string of the molecule is Nc1c(Cl)noc1-c1cccc(Cl)c1. The average molecular weight is 229 g/mol. The Balaban J connectivity index is 2.55. The number of anilines is 1. The minimum Gasteiger partial charge on any atom is -0.393 e. The van der Waals surface area contributed by atoms with Crippen molar-refractivity contribution < 1.29 is 4.52 Å². The number of rotatable bonds is 1. The first kappa shape index (κ1) is 9.37. The van der Waals surface area contributed by atoms with Crippen molar-refractivity contribution in [2.75, 3.05) is 5.73 Å². The average Bonchev–Trinajstić information content (AvgIpc) is 2.48. The van der Waals surface area contributed by atoms with Crippen LogP contribution < -0.4 is 5.73 Å². The molecule has 3 nitrogen and oxygen atoms in total. The van der Waals surface area contributed by atoms with Crippen LogP contribution >= 0.6 is 23.2 Å². The zero-order valence-electron chi connectivity index (χ0n) is 7.00. The Morgan fingerprint density at radius 2 is 2.07 bits per heavy atom. The van der Waals surface area contributed by atoms with Crippen molar-refractivity contribution in [3.8, 4) is 11.3 Å². The molecule has 0 unspecified atom stereocenters. The van der Waals surface area contributed by atoms with Gasteiger partial charge in [-0.05, 0) is 12.1 Å². The van der Waals surface area contributed by atoms with E-state index in [0.29, 0.717) is 16.5 Å². The molecule has 0 radical (unpaired) electrons. The van der Waals surface area contributed by atoms with Gasteiger partial charge < -0.3 is 10.3 Å². The summed E-state index contributed by atoms with van der Waals surface area (Å²) >= 11 is 11.5. The maximum Gasteiger partial charge on any atom is 0.195 e. The van der Waals surface area contributed by atoms with Crippen LogP contribution in [0.2, 0.25) is 10.2 Å². The number of hydrogen-bond acceptors (Lipinski definition) is 3. The van der Waals surface area contributed by atoms with E-state index in [0.717, 1.165) is 5.56 Å². The zero-order chi connectivity index (χ0) is 10.1. The molecule has 0 saturated carbocycles. The molecular weight excluding hydrogens is 223 g/mol. The number of halogens is 2. The summed E-state index contributed by atoms with van der Waals surface area (Å²) in [5.41, 5.74) is 6.74. The van der Waals surface area contributed by atoms with Gasteiger partial charge in [-0.2, -0.15) is 0 Å². The Hall–Kier alpha value is -1.19. The van der Waals surface area contributed by atoms with Gasteiger partial charge in [-0.25, -0.2) is 0 Å². The summed E-state index contributed by atoms with van der Waals surface area (Å²) < 4.78 is 4.97. The van der Waals surface area contributed by atoms with E-state index in [4.69, 9.17) is 33.5 Å². The second kappa shape index (κ2) is 3.52. The van der Waals surface area contributed by atoms with Gasteiger partial charge in [-0.15, -0.1) is 0 Å². The Labute approximate surface area is 90.4 Å². The molecule has 0 aliphatic carbocycles. The molecule has 5 heteroatoms. The molecule has 2 N–H and O–H groups in total. The number of hydrogen-bond donors (Lipinski definition) is 1. The fourth-order valence-electron chi connectivity index (χ4n) is 1.12. The molecule has 0 fully saturated rings. The lowest BCUT2D eigenvalue weighted by Gasteiger charge is -1.97. The maximum absolute atomic E-state index is 5.82. The molecule has 1 aromatic heterocycles. The van der Waals surface area contributed by atoms with Gasteiger partial charge >= 0.3 is 0 Å². The molecule has 0 atom stereocenters. The van der Waals surface area contributed by atoms with Crippen molar-refractivity contribution in [1.82, 2.24) is 5.16 Å². The molecule has 1 heterocycles. The quantitative estimate of drug-likeness (QED) is 0.816. The van der Waals surface area contributed by atoms with Gasteiger partial charge in [0.25, 0.3) is 0 Å². The van der Waals surface area contributed by atoms with Crippen LogP contribution in [0.1, 0.15) is 0 Å². The molecule has 0 bridgehead atoms. The van der Waals surface area contributed by atoms with Crippen LogP contribution in [0.15, 0.2) is 28.8 Å². The molecular formula is C9H6Cl2N2O. The molecule has 2 rings (SSSR count). The summed E-state index contributed by atoms with van der Waals surface area (Å²) in [5, 5.41) is 4.32. The summed E-state index contributed by atoms with van der Waals surface area (Å²) in [6.07, 6.45) is 0. The highest BCUT2D eigenvalue weighted by atomic mass is 35.5. The monoisotopic (exact) mass is 228 g/mol. The lowest BCUT2D eigenvalue weighted by Crippen LogP contribution is -1.85. The third-order valence-electron chi connectivity index (χ3n) is 1.77. The normalized spacial score (nSPS) is 10.4. The molecule has 2 aromatic rings. The smallest absolute Gasteiger partial charge is 0.195 e. The Bertz CT molecular complexity index is 468. The predicted molar refractivity (Wildman–Crippen MR) is 56.4 cm³/mol. The third-order valence-corrected chi connectivity index (χ3v) is 2.28. The summed E-state index contributed by atoms with van der Waals surface area (Å²) in [5.74, 6) is 0.442. The van der Waals surface area contributed by atoms with E-state index in [-0.39, 0.29) is 5.15 Å². The van der Waals surface area contributed by atoms with E-state index < -0.39 is 0 Å². The highest BCUT2D eigenvalue weighted by Crippen LogP contribution is 2.32. The van der Waals surface area contributed by atoms with Crippen LogP contribution in [0.25, 0.3) is 11.3 Å². The van der Waals surface area contributed by atoms with Gasteiger partial charge in [0.15, 0.2) is 10.9 Å². The van der Waals surface area contributed by atoms with Crippen LogP contribution in [0.4, 0.5) is 5.69 Å². The number of nitrogens with two attached hydrogens (primary N) is 1. The number of nitrogen functional groups attached to an aromatic ring is 1. The molecule has 1 aromatic carbocycles. The second-order valence-corrected chi connectivity index (χ2v) is 3.52. The molecule has 0 saturated heterocycles. The fraction of sp³-hybridized carbons (Fsp3) is 0. The minimum atomic E-state index is 0.167. The zero-order valence-corrected chi connectivity index (χ0v) is 8.51. The minimum absolute atomic E-state index is 0.167. The van der Waals surface area contributed by atoms with Crippen LogP contribution in [0.5, 0.6) is 0 Å². The lowest BCUT2D eigenvalue weighted by atomic mass is 10.1. The van der Waals surface area contributed by atoms with Crippen molar-refractivity contribution in [2.24, 2.45) is 0 Å². The van der Waals surface area contributed by atoms with Crippen LogP contribution in [0.3, 0.4) is 0 Å². The highest BCUT2D eigenvalue weighted by molar-refractivity contribution is 6.32. The number of benzene rings is 1. The van der Waals surface area contributed by atoms with Gasteiger partial charge in [-0.3, -0.25) is 0 Å². The predicted octanol–water partition coefficient (Wildman–Crippen LogP) is 3.23. The van der Waals surface area contributed by atoms with Crippen LogP contribution in [-0.2, 0) is 0 Å². The first-order valence-electron chi connectivity index (χ1n) is 3.85. The van der Waals surface area contributed by atoms with Crippen LogP contribution in [0, 0.1) is 0 Å². The first-order chi connectivity index (χ1) is 6.68. The van der Waals surface area contributed by atoms with Gasteiger partial charge in [0.2, 0.25) is 0 Å². The first-order valence-corrected chi connectivity index (χ1v) is 4.60. The summed E-state index contributed by atoms with van der Waals surface area (Å²) in [4.78, 5) is 0. The maximum atomic E-state index is 5.82. The van der Waals surface area contributed by atoms with E-state index in [1.54, 1.807) is 18.2 Å². The molecule has 14 heavy (non-hydrogen) atoms. The van der Waals surface area contributed by atoms with E-state index in [1.165, 1.54) is 0 Å². The molecule has 0 aliphatic heterocycles. The Kier molecular flexibility index (Phi) is 2.35. The summed E-state index contributed by atoms with van der Waals surface area (Å²) in [6.45, 7) is 0. The van der Waals surface area contributed by atoms with Gasteiger partial charge in [0.1, 0.15) is 5.69 Å². The standard InChI is InChI=1S/C9H6Cl2N2O/c10-6-3-1-2-5(4-6)8-7(12)9(11)13-14-8/h1-4H,12H2. The van der Waals surface area contributed by atoms with Crippen LogP contribution in [-0.4, -0.2) is 5.16 Å². The Morgan fingerprint density at radius 3 is 2.64 bits per heavy atom. The van der Waals surface area contributed by atoms with E-state index in [2.05, 4.69) is 5.16 Å². The summed E-state index contributed by atoms with van der Waals surface area (Å²) in [6, 6.07) is 7.11. The summed E-state index contributed by atoms with van der Waals surface area (Å²) in [7, 11) is 0. The third kappa shape index (κ3) is 1.56. The van der Waals surface area contributed by atoms with E-state index >= 15 is 0 Å². The highest BCUT2D eigenvalue weighted by Gasteiger charge is 2.12. The molecule has 0 aliphatic rings. The number of nitrogens with zero attached hydrogens (tertiary/aromatic N) is 1. The van der Waals surface area contributed by atoms with Crippen molar-refractivity contribution >= 4 is 28.9 Å². The second-order valence-electron chi connectivity index (χ2n) is 2.73. The van der Waals surface area contributed by atoms with E-state index in [9.17, 15) is 0 Å². The lowest BCUT2D eigenvalue weighted by molar-refractivity contribution is 0.433. The van der Waals surface area contributed by atoms with Crippen molar-refractivity contribution in [1.29, 1.82) is 0 Å². The van der Waals surface area contributed by atoms with Crippen molar-refractivity contribution in [3.63, 3.8) is 0 Å². The Morgan fingerprint density at radius 1 is 1.29 bits per heavy atom. The molecule has 0 amide bonds. The van der Waals surface area contributed by atoms with Gasteiger partial charge in [0.05, 0.1) is 0 Å². The van der Waals surface area contributed by atoms with Gasteiger partial charge in [-0.1, -0.05) is 40.5 Å². The molecule has 72 valence electrons. The van der Waals surface area contributed by atoms with Crippen molar-refractivity contribution in [2.45, 2.75) is 0 Å². The fourth-order valence-corrected chi connectivity index (χ4v) is 1.43. The largest absolute Gasteiger partial charge is 0.393 e. The number of aromatic nitrogens is 1. The van der Waals surface area contributed by atoms with E-state index in [1.807, 2.05) is 6.07 Å². The van der Waals surface area contributed by atoms with Gasteiger partial charge in [0, 0.05) is 10.6 Å². The molecule has 0 spiro atoms. The van der Waals surface area contributed by atoms with Crippen molar-refractivity contribution in [3.05, 3.63) is 34.4 Å². The topological polar surface area (TPSA) is 52.0 Å².